The summed E-state index contributed by atoms with van der Waals surface area (Å²) in [5.74, 6) is 1.95. The average molecular weight is 672 g/mol. The number of benzene rings is 3. The number of rotatable bonds is 12. The summed E-state index contributed by atoms with van der Waals surface area (Å²) >= 11 is 5.25. The van der Waals surface area contributed by atoms with Gasteiger partial charge in [0.2, 0.25) is 0 Å². The number of carbonyl (C=O) groups is 1. The Balaban J connectivity index is 1.01. The van der Waals surface area contributed by atoms with Gasteiger partial charge in [-0.05, 0) is 112 Å². The van der Waals surface area contributed by atoms with Gasteiger partial charge in [-0.1, -0.05) is 69.3 Å². The van der Waals surface area contributed by atoms with Crippen molar-refractivity contribution in [1.29, 1.82) is 0 Å². The summed E-state index contributed by atoms with van der Waals surface area (Å²) in [6, 6.07) is 26.6. The summed E-state index contributed by atoms with van der Waals surface area (Å²) < 4.78 is 14.7. The van der Waals surface area contributed by atoms with Gasteiger partial charge in [0.25, 0.3) is 0 Å². The van der Waals surface area contributed by atoms with E-state index < -0.39 is 5.41 Å². The number of ether oxygens (including phenoxy) is 2. The molecular formula is C37H41N3O3S3. The minimum Gasteiger partial charge on any atom is -0.426 e. The monoisotopic (exact) mass is 671 g/mol. The number of para-hydroxylation sites is 2. The van der Waals surface area contributed by atoms with E-state index in [9.17, 15) is 4.79 Å². The van der Waals surface area contributed by atoms with E-state index in [1.54, 1.807) is 20.7 Å². The van der Waals surface area contributed by atoms with Crippen molar-refractivity contribution in [2.24, 2.45) is 0 Å². The van der Waals surface area contributed by atoms with Crippen molar-refractivity contribution in [1.82, 2.24) is 14.5 Å². The van der Waals surface area contributed by atoms with Crippen molar-refractivity contribution in [3.63, 3.8) is 0 Å². The van der Waals surface area contributed by atoms with Gasteiger partial charge >= 0.3 is 5.97 Å². The number of imidazole rings is 1. The molecule has 3 heterocycles. The first kappa shape index (κ1) is 32.7. The van der Waals surface area contributed by atoms with E-state index in [1.807, 2.05) is 51.1 Å². The van der Waals surface area contributed by atoms with E-state index in [0.29, 0.717) is 18.3 Å². The number of esters is 1. The normalized spacial score (nSPS) is 14.6. The van der Waals surface area contributed by atoms with Gasteiger partial charge in [-0.3, -0.25) is 4.79 Å². The van der Waals surface area contributed by atoms with Crippen molar-refractivity contribution in [3.8, 4) is 16.2 Å². The zero-order valence-corrected chi connectivity index (χ0v) is 29.2. The molecule has 0 aliphatic carbocycles. The van der Waals surface area contributed by atoms with Crippen LogP contribution in [0.5, 0.6) is 5.75 Å². The van der Waals surface area contributed by atoms with Gasteiger partial charge in [0, 0.05) is 30.5 Å². The maximum absolute atomic E-state index is 13.2. The SMILES string of the molecule is CCOCCn1c(C2CCN(CCc3ccc(C(C)(C)C(=O)Oc4ccc(-c5cc(=S)ss5)cc4)cc3)CC2)nc2ccccc21. The fourth-order valence-corrected chi connectivity index (χ4v) is 8.55. The predicted octanol–water partition coefficient (Wildman–Crippen LogP) is 8.90. The lowest BCUT2D eigenvalue weighted by Gasteiger charge is -2.32. The van der Waals surface area contributed by atoms with Crippen LogP contribution < -0.4 is 4.74 Å². The molecule has 2 aromatic heterocycles. The highest BCUT2D eigenvalue weighted by Gasteiger charge is 2.32. The van der Waals surface area contributed by atoms with Crippen molar-refractivity contribution in [3.05, 3.63) is 99.6 Å². The number of fused-ring (bicyclic) bond motifs is 1. The average Bonchev–Trinajstić information content (AvgIpc) is 3.68. The molecule has 0 spiro atoms. The molecule has 6 rings (SSSR count). The number of aromatic nitrogens is 2. The number of likely N-dealkylation sites (tertiary alicyclic amines) is 1. The van der Waals surface area contributed by atoms with Crippen molar-refractivity contribution in [2.75, 3.05) is 32.8 Å². The molecule has 6 nitrogen and oxygen atoms in total. The Hall–Kier alpha value is -3.21. The molecule has 0 saturated carbocycles. The second kappa shape index (κ2) is 14.7. The fraction of sp³-hybridized carbons (Fsp3) is 0.378. The third-order valence-corrected chi connectivity index (χ3v) is 11.9. The summed E-state index contributed by atoms with van der Waals surface area (Å²) in [5.41, 5.74) is 4.81. The van der Waals surface area contributed by atoms with Crippen LogP contribution in [0.2, 0.25) is 0 Å². The Bertz CT molecular complexity index is 1810. The van der Waals surface area contributed by atoms with Crippen LogP contribution in [0.4, 0.5) is 0 Å². The van der Waals surface area contributed by atoms with Gasteiger partial charge in [-0.2, -0.15) is 0 Å². The molecule has 1 saturated heterocycles. The topological polar surface area (TPSA) is 56.6 Å². The Morgan fingerprint density at radius 2 is 1.72 bits per heavy atom. The second-order valence-electron chi connectivity index (χ2n) is 12.4. The number of hydrogen-bond acceptors (Lipinski definition) is 8. The van der Waals surface area contributed by atoms with Crippen LogP contribution in [-0.4, -0.2) is 53.3 Å². The van der Waals surface area contributed by atoms with Crippen molar-refractivity contribution < 1.29 is 14.3 Å². The maximum Gasteiger partial charge on any atom is 0.321 e. The number of piperidine rings is 1. The minimum absolute atomic E-state index is 0.270. The third kappa shape index (κ3) is 7.50. The van der Waals surface area contributed by atoms with E-state index in [0.717, 1.165) is 77.4 Å². The number of hydrogen-bond donors (Lipinski definition) is 0. The quantitative estimate of drug-likeness (QED) is 0.0434. The first-order valence-corrected chi connectivity index (χ1v) is 18.6. The van der Waals surface area contributed by atoms with Gasteiger partial charge in [0.15, 0.2) is 0 Å². The lowest BCUT2D eigenvalue weighted by molar-refractivity contribution is -0.139. The summed E-state index contributed by atoms with van der Waals surface area (Å²) in [6.07, 6.45) is 3.20. The predicted molar refractivity (Wildman–Crippen MR) is 192 cm³/mol. The molecule has 0 unspecified atom stereocenters. The van der Waals surface area contributed by atoms with E-state index in [2.05, 4.69) is 58.0 Å². The highest BCUT2D eigenvalue weighted by Crippen LogP contribution is 2.33. The smallest absolute Gasteiger partial charge is 0.321 e. The van der Waals surface area contributed by atoms with Gasteiger partial charge in [0.1, 0.15) is 15.4 Å². The molecule has 1 aliphatic rings. The van der Waals surface area contributed by atoms with Crippen LogP contribution in [-0.2, 0) is 27.9 Å². The summed E-state index contributed by atoms with van der Waals surface area (Å²) in [5, 5.41) is 0. The zero-order chi connectivity index (χ0) is 32.1. The van der Waals surface area contributed by atoms with Crippen LogP contribution in [0, 0.1) is 3.82 Å². The van der Waals surface area contributed by atoms with E-state index >= 15 is 0 Å². The lowest BCUT2D eigenvalue weighted by atomic mass is 9.84. The van der Waals surface area contributed by atoms with E-state index in [4.69, 9.17) is 26.7 Å². The largest absolute Gasteiger partial charge is 0.426 e. The maximum atomic E-state index is 13.2. The Morgan fingerprint density at radius 1 is 0.978 bits per heavy atom. The fourth-order valence-electron chi connectivity index (χ4n) is 6.14. The molecule has 46 heavy (non-hydrogen) atoms. The highest BCUT2D eigenvalue weighted by molar-refractivity contribution is 7.80. The van der Waals surface area contributed by atoms with Crippen LogP contribution in [0.15, 0.2) is 78.9 Å². The van der Waals surface area contributed by atoms with Crippen LogP contribution in [0.3, 0.4) is 0 Å². The number of carbonyl (C=O) groups excluding carboxylic acids is 1. The molecule has 0 N–H and O–H groups in total. The molecule has 9 heteroatoms. The van der Waals surface area contributed by atoms with Crippen molar-refractivity contribution in [2.45, 2.75) is 57.9 Å². The minimum atomic E-state index is -0.773. The van der Waals surface area contributed by atoms with Crippen LogP contribution in [0.1, 0.15) is 56.5 Å². The first-order chi connectivity index (χ1) is 22.3. The molecule has 0 atom stereocenters. The molecule has 240 valence electrons. The summed E-state index contributed by atoms with van der Waals surface area (Å²) in [4.78, 5) is 22.0. The Morgan fingerprint density at radius 3 is 2.41 bits per heavy atom. The molecule has 1 aliphatic heterocycles. The molecule has 0 amide bonds. The third-order valence-electron chi connectivity index (χ3n) is 9.01. The molecule has 0 bridgehead atoms. The zero-order valence-electron chi connectivity index (χ0n) is 26.7. The van der Waals surface area contributed by atoms with Crippen molar-refractivity contribution >= 4 is 49.9 Å². The highest BCUT2D eigenvalue weighted by atomic mass is 32.9. The summed E-state index contributed by atoms with van der Waals surface area (Å²) in [7, 11) is 3.25. The summed E-state index contributed by atoms with van der Waals surface area (Å²) in [6.45, 7) is 11.3. The van der Waals surface area contributed by atoms with E-state index in [-0.39, 0.29) is 5.97 Å². The van der Waals surface area contributed by atoms with Gasteiger partial charge in [0.05, 0.1) is 23.1 Å². The van der Waals surface area contributed by atoms with Crippen LogP contribution >= 0.6 is 32.9 Å². The standard InChI is InChI=1S/C37H41N3O3S3/c1-4-42-24-23-40-32-8-6-5-7-31(32)38-35(40)28-18-21-39(22-19-28)20-17-26-9-13-29(14-10-26)37(2,3)36(41)43-30-15-11-27(12-16-30)33-25-34(44)46-45-33/h5-16,25,28H,4,17-24H2,1-3H3. The molecule has 0 radical (unpaired) electrons. The van der Waals surface area contributed by atoms with Gasteiger partial charge in [-0.15, -0.1) is 0 Å². The second-order valence-corrected chi connectivity index (χ2v) is 15.3. The Kier molecular flexibility index (Phi) is 10.5. The van der Waals surface area contributed by atoms with E-state index in [1.165, 1.54) is 16.9 Å². The molecule has 1 fully saturated rings. The number of nitrogens with zero attached hydrogens (tertiary/aromatic N) is 3. The molecule has 3 aromatic carbocycles. The van der Waals surface area contributed by atoms with Gasteiger partial charge < -0.3 is 18.9 Å². The van der Waals surface area contributed by atoms with Gasteiger partial charge in [-0.25, -0.2) is 4.98 Å². The van der Waals surface area contributed by atoms with Crippen LogP contribution in [0.25, 0.3) is 21.5 Å². The Labute approximate surface area is 284 Å². The molecule has 5 aromatic rings. The first-order valence-electron chi connectivity index (χ1n) is 16.1. The molecular weight excluding hydrogens is 631 g/mol. The lowest BCUT2D eigenvalue weighted by Crippen LogP contribution is -2.35.